The SMILES string of the molecule is COc1ccc(Cc2nc(Br)c3n2CCN(C)C3)cc1. The van der Waals surface area contributed by atoms with Gasteiger partial charge in [0.1, 0.15) is 16.2 Å². The first kappa shape index (κ1) is 13.6. The van der Waals surface area contributed by atoms with Crippen LogP contribution in [0.5, 0.6) is 5.75 Å². The van der Waals surface area contributed by atoms with Crippen LogP contribution >= 0.6 is 15.9 Å². The molecule has 0 saturated carbocycles. The molecule has 1 aromatic carbocycles. The summed E-state index contributed by atoms with van der Waals surface area (Å²) in [6, 6.07) is 8.20. The van der Waals surface area contributed by atoms with E-state index in [1.807, 2.05) is 12.1 Å². The highest BCUT2D eigenvalue weighted by molar-refractivity contribution is 9.10. The second-order valence-electron chi connectivity index (χ2n) is 5.18. The van der Waals surface area contributed by atoms with E-state index in [4.69, 9.17) is 4.74 Å². The monoisotopic (exact) mass is 335 g/mol. The van der Waals surface area contributed by atoms with E-state index in [2.05, 4.69) is 49.6 Å². The summed E-state index contributed by atoms with van der Waals surface area (Å²) < 4.78 is 8.51. The third kappa shape index (κ3) is 2.60. The van der Waals surface area contributed by atoms with Gasteiger partial charge >= 0.3 is 0 Å². The van der Waals surface area contributed by atoms with Gasteiger partial charge in [0.15, 0.2) is 0 Å². The minimum Gasteiger partial charge on any atom is -0.497 e. The summed E-state index contributed by atoms with van der Waals surface area (Å²) in [6.07, 6.45) is 0.853. The van der Waals surface area contributed by atoms with Gasteiger partial charge in [-0.1, -0.05) is 12.1 Å². The molecule has 0 saturated heterocycles. The van der Waals surface area contributed by atoms with Crippen molar-refractivity contribution >= 4 is 15.9 Å². The van der Waals surface area contributed by atoms with Crippen molar-refractivity contribution in [2.75, 3.05) is 20.7 Å². The van der Waals surface area contributed by atoms with Gasteiger partial charge < -0.3 is 9.30 Å². The molecule has 1 aliphatic rings. The number of rotatable bonds is 3. The first-order valence-electron chi connectivity index (χ1n) is 6.72. The maximum absolute atomic E-state index is 5.19. The molecule has 0 atom stereocenters. The quantitative estimate of drug-likeness (QED) is 0.863. The van der Waals surface area contributed by atoms with Gasteiger partial charge in [-0.3, -0.25) is 4.90 Å². The van der Waals surface area contributed by atoms with Gasteiger partial charge in [-0.15, -0.1) is 0 Å². The second-order valence-corrected chi connectivity index (χ2v) is 5.93. The normalized spacial score (nSPS) is 15.2. The number of ether oxygens (including phenoxy) is 1. The minimum atomic E-state index is 0.853. The van der Waals surface area contributed by atoms with E-state index in [-0.39, 0.29) is 0 Å². The fourth-order valence-electron chi connectivity index (χ4n) is 2.59. The summed E-state index contributed by atoms with van der Waals surface area (Å²) in [5, 5.41) is 0. The zero-order valence-electron chi connectivity index (χ0n) is 11.8. The summed E-state index contributed by atoms with van der Waals surface area (Å²) >= 11 is 3.59. The zero-order valence-corrected chi connectivity index (χ0v) is 13.4. The molecule has 2 aromatic rings. The van der Waals surface area contributed by atoms with E-state index in [9.17, 15) is 0 Å². The third-order valence-electron chi connectivity index (χ3n) is 3.75. The van der Waals surface area contributed by atoms with E-state index in [0.717, 1.165) is 42.2 Å². The molecule has 0 spiro atoms. The van der Waals surface area contributed by atoms with Gasteiger partial charge in [0.25, 0.3) is 0 Å². The first-order valence-corrected chi connectivity index (χ1v) is 7.52. The molecule has 0 fully saturated rings. The molecule has 3 rings (SSSR count). The lowest BCUT2D eigenvalue weighted by atomic mass is 10.1. The van der Waals surface area contributed by atoms with Gasteiger partial charge in [0.05, 0.1) is 12.8 Å². The van der Waals surface area contributed by atoms with E-state index >= 15 is 0 Å². The summed E-state index contributed by atoms with van der Waals surface area (Å²) in [5.41, 5.74) is 2.53. The molecule has 0 unspecified atom stereocenters. The highest BCUT2D eigenvalue weighted by atomic mass is 79.9. The molecule has 1 aliphatic heterocycles. The smallest absolute Gasteiger partial charge is 0.129 e. The van der Waals surface area contributed by atoms with Crippen LogP contribution < -0.4 is 4.74 Å². The largest absolute Gasteiger partial charge is 0.497 e. The highest BCUT2D eigenvalue weighted by Crippen LogP contribution is 2.24. The number of likely N-dealkylation sites (N-methyl/N-ethyl adjacent to an activating group) is 1. The van der Waals surface area contributed by atoms with Crippen molar-refractivity contribution in [2.24, 2.45) is 0 Å². The van der Waals surface area contributed by atoms with Crippen molar-refractivity contribution in [3.63, 3.8) is 0 Å². The average Bonchev–Trinajstić information content (AvgIpc) is 2.76. The Morgan fingerprint density at radius 3 is 2.70 bits per heavy atom. The molecule has 106 valence electrons. The van der Waals surface area contributed by atoms with Crippen LogP contribution in [0.1, 0.15) is 17.1 Å². The number of fused-ring (bicyclic) bond motifs is 1. The number of methoxy groups -OCH3 is 1. The van der Waals surface area contributed by atoms with E-state index < -0.39 is 0 Å². The number of imidazole rings is 1. The number of nitrogens with zero attached hydrogens (tertiary/aromatic N) is 3. The topological polar surface area (TPSA) is 30.3 Å². The van der Waals surface area contributed by atoms with Gasteiger partial charge in [-0.2, -0.15) is 0 Å². The van der Waals surface area contributed by atoms with Crippen molar-refractivity contribution in [1.82, 2.24) is 14.5 Å². The molecule has 0 N–H and O–H groups in total. The molecule has 2 heterocycles. The fourth-order valence-corrected chi connectivity index (χ4v) is 3.13. The van der Waals surface area contributed by atoms with Crippen molar-refractivity contribution in [3.8, 4) is 5.75 Å². The fraction of sp³-hybridized carbons (Fsp3) is 0.400. The number of aromatic nitrogens is 2. The number of hydrogen-bond donors (Lipinski definition) is 0. The summed E-state index contributed by atoms with van der Waals surface area (Å²) in [6.45, 7) is 3.04. The molecule has 4 nitrogen and oxygen atoms in total. The minimum absolute atomic E-state index is 0.853. The summed E-state index contributed by atoms with van der Waals surface area (Å²) in [4.78, 5) is 7.00. The molecule has 0 bridgehead atoms. The predicted octanol–water partition coefficient (Wildman–Crippen LogP) is 2.69. The molecule has 0 radical (unpaired) electrons. The van der Waals surface area contributed by atoms with Crippen molar-refractivity contribution < 1.29 is 4.74 Å². The lowest BCUT2D eigenvalue weighted by Crippen LogP contribution is -2.31. The van der Waals surface area contributed by atoms with E-state index in [1.54, 1.807) is 7.11 Å². The van der Waals surface area contributed by atoms with Crippen LogP contribution in [0.3, 0.4) is 0 Å². The van der Waals surface area contributed by atoms with E-state index in [1.165, 1.54) is 11.3 Å². The van der Waals surface area contributed by atoms with Crippen LogP contribution in [0.2, 0.25) is 0 Å². The summed E-state index contributed by atoms with van der Waals surface area (Å²) in [7, 11) is 3.83. The number of halogens is 1. The van der Waals surface area contributed by atoms with Gasteiger partial charge in [0, 0.05) is 26.1 Å². The lowest BCUT2D eigenvalue weighted by molar-refractivity contribution is 0.267. The van der Waals surface area contributed by atoms with Crippen LogP contribution in [0.25, 0.3) is 0 Å². The Morgan fingerprint density at radius 2 is 2.00 bits per heavy atom. The van der Waals surface area contributed by atoms with Gasteiger partial charge in [0.2, 0.25) is 0 Å². The Balaban J connectivity index is 1.85. The first-order chi connectivity index (χ1) is 9.67. The molecular weight excluding hydrogens is 318 g/mol. The average molecular weight is 336 g/mol. The van der Waals surface area contributed by atoms with Crippen molar-refractivity contribution in [1.29, 1.82) is 0 Å². The Labute approximate surface area is 127 Å². The van der Waals surface area contributed by atoms with Crippen molar-refractivity contribution in [2.45, 2.75) is 19.5 Å². The maximum Gasteiger partial charge on any atom is 0.129 e. The van der Waals surface area contributed by atoms with Crippen molar-refractivity contribution in [3.05, 3.63) is 46.0 Å². The number of hydrogen-bond acceptors (Lipinski definition) is 3. The Morgan fingerprint density at radius 1 is 1.25 bits per heavy atom. The Hall–Kier alpha value is -1.33. The van der Waals surface area contributed by atoms with Gasteiger partial charge in [-0.05, 0) is 40.7 Å². The number of benzene rings is 1. The van der Waals surface area contributed by atoms with Crippen LogP contribution in [0.4, 0.5) is 0 Å². The molecular formula is C15H18BrN3O. The predicted molar refractivity (Wildman–Crippen MR) is 82.1 cm³/mol. The molecule has 1 aromatic heterocycles. The van der Waals surface area contributed by atoms with Gasteiger partial charge in [-0.25, -0.2) is 4.98 Å². The maximum atomic E-state index is 5.19. The van der Waals surface area contributed by atoms with Crippen LogP contribution in [0, 0.1) is 0 Å². The molecule has 5 heteroatoms. The second kappa shape index (κ2) is 5.58. The summed E-state index contributed by atoms with van der Waals surface area (Å²) in [5.74, 6) is 2.02. The lowest BCUT2D eigenvalue weighted by Gasteiger charge is -2.25. The molecule has 0 aliphatic carbocycles. The third-order valence-corrected chi connectivity index (χ3v) is 4.38. The standard InChI is InChI=1S/C15H18BrN3O/c1-18-7-8-19-13(10-18)15(16)17-14(19)9-11-3-5-12(20-2)6-4-11/h3-6H,7-10H2,1-2H3. The Bertz CT molecular complexity index is 606. The van der Waals surface area contributed by atoms with Crippen LogP contribution in [-0.2, 0) is 19.5 Å². The van der Waals surface area contributed by atoms with Crippen LogP contribution in [-0.4, -0.2) is 35.2 Å². The Kier molecular flexibility index (Phi) is 3.81. The molecule has 0 amide bonds. The zero-order chi connectivity index (χ0) is 14.1. The van der Waals surface area contributed by atoms with E-state index in [0.29, 0.717) is 0 Å². The molecule has 20 heavy (non-hydrogen) atoms. The van der Waals surface area contributed by atoms with Crippen LogP contribution in [0.15, 0.2) is 28.9 Å². The highest BCUT2D eigenvalue weighted by Gasteiger charge is 2.20.